The summed E-state index contributed by atoms with van der Waals surface area (Å²) in [6, 6.07) is 8.60. The first-order chi connectivity index (χ1) is 9.19. The van der Waals surface area contributed by atoms with Gasteiger partial charge in [-0.15, -0.1) is 0 Å². The molecule has 19 heavy (non-hydrogen) atoms. The van der Waals surface area contributed by atoms with E-state index in [1.54, 1.807) is 0 Å². The van der Waals surface area contributed by atoms with Crippen molar-refractivity contribution in [1.29, 1.82) is 0 Å². The van der Waals surface area contributed by atoms with Gasteiger partial charge in [0, 0.05) is 38.4 Å². The summed E-state index contributed by atoms with van der Waals surface area (Å²) in [6.45, 7) is 9.18. The predicted molar refractivity (Wildman–Crippen MR) is 78.5 cm³/mol. The van der Waals surface area contributed by atoms with Gasteiger partial charge >= 0.3 is 0 Å². The Bertz CT molecular complexity index is 425. The Morgan fingerprint density at radius 3 is 2.63 bits per heavy atom. The van der Waals surface area contributed by atoms with Crippen LogP contribution >= 0.6 is 0 Å². The fourth-order valence-electron chi connectivity index (χ4n) is 2.45. The molecule has 1 fully saturated rings. The van der Waals surface area contributed by atoms with Crippen LogP contribution in [0.4, 0.5) is 5.69 Å². The SMILES string of the molecule is CCNC(=O)CN1CCN(c2cccc(C)c2)CC1. The maximum Gasteiger partial charge on any atom is 0.234 e. The van der Waals surface area contributed by atoms with Gasteiger partial charge in [0.1, 0.15) is 0 Å². The van der Waals surface area contributed by atoms with Crippen molar-refractivity contribution in [3.8, 4) is 0 Å². The molecule has 1 aliphatic heterocycles. The Hall–Kier alpha value is -1.55. The van der Waals surface area contributed by atoms with Crippen LogP contribution in [0.3, 0.4) is 0 Å². The molecule has 1 heterocycles. The van der Waals surface area contributed by atoms with Crippen LogP contribution in [-0.2, 0) is 4.79 Å². The minimum absolute atomic E-state index is 0.131. The van der Waals surface area contributed by atoms with Crippen molar-refractivity contribution >= 4 is 11.6 Å². The summed E-state index contributed by atoms with van der Waals surface area (Å²) in [6.07, 6.45) is 0. The average Bonchev–Trinajstić information content (AvgIpc) is 2.40. The van der Waals surface area contributed by atoms with Crippen molar-refractivity contribution in [3.63, 3.8) is 0 Å². The lowest BCUT2D eigenvalue weighted by Gasteiger charge is -2.35. The van der Waals surface area contributed by atoms with Crippen LogP contribution < -0.4 is 10.2 Å². The zero-order chi connectivity index (χ0) is 13.7. The van der Waals surface area contributed by atoms with Crippen molar-refractivity contribution in [2.45, 2.75) is 13.8 Å². The standard InChI is InChI=1S/C15H23N3O/c1-3-16-15(19)12-17-7-9-18(10-8-17)14-6-4-5-13(2)11-14/h4-6,11H,3,7-10,12H2,1-2H3,(H,16,19). The van der Waals surface area contributed by atoms with E-state index in [1.165, 1.54) is 11.3 Å². The Balaban J connectivity index is 1.84. The summed E-state index contributed by atoms with van der Waals surface area (Å²) >= 11 is 0. The maximum atomic E-state index is 11.5. The smallest absolute Gasteiger partial charge is 0.234 e. The Morgan fingerprint density at radius 2 is 2.00 bits per heavy atom. The number of hydrogen-bond acceptors (Lipinski definition) is 3. The summed E-state index contributed by atoms with van der Waals surface area (Å²) in [5.74, 6) is 0.131. The molecular weight excluding hydrogens is 238 g/mol. The number of benzene rings is 1. The Kier molecular flexibility index (Phi) is 4.80. The molecular formula is C15H23N3O. The molecule has 0 bridgehead atoms. The van der Waals surface area contributed by atoms with Crippen molar-refractivity contribution in [1.82, 2.24) is 10.2 Å². The molecule has 1 N–H and O–H groups in total. The first-order valence-electron chi connectivity index (χ1n) is 6.99. The third-order valence-electron chi connectivity index (χ3n) is 3.48. The van der Waals surface area contributed by atoms with Gasteiger partial charge in [-0.05, 0) is 31.5 Å². The van der Waals surface area contributed by atoms with Crippen LogP contribution in [0.5, 0.6) is 0 Å². The van der Waals surface area contributed by atoms with Gasteiger partial charge in [-0.1, -0.05) is 12.1 Å². The summed E-state index contributed by atoms with van der Waals surface area (Å²) in [5.41, 5.74) is 2.58. The first-order valence-corrected chi connectivity index (χ1v) is 6.99. The fraction of sp³-hybridized carbons (Fsp3) is 0.533. The second kappa shape index (κ2) is 6.57. The van der Waals surface area contributed by atoms with Gasteiger partial charge < -0.3 is 10.2 Å². The molecule has 0 aliphatic carbocycles. The molecule has 1 aromatic rings. The second-order valence-electron chi connectivity index (χ2n) is 5.06. The summed E-state index contributed by atoms with van der Waals surface area (Å²) in [4.78, 5) is 16.2. The zero-order valence-electron chi connectivity index (χ0n) is 11.9. The Labute approximate surface area is 115 Å². The quantitative estimate of drug-likeness (QED) is 0.886. The third kappa shape index (κ3) is 3.96. The molecule has 0 atom stereocenters. The van der Waals surface area contributed by atoms with Gasteiger partial charge in [0.15, 0.2) is 0 Å². The number of rotatable bonds is 4. The third-order valence-corrected chi connectivity index (χ3v) is 3.48. The van der Waals surface area contributed by atoms with E-state index in [9.17, 15) is 4.79 Å². The molecule has 0 unspecified atom stereocenters. The van der Waals surface area contributed by atoms with Crippen molar-refractivity contribution in [2.75, 3.05) is 44.2 Å². The van der Waals surface area contributed by atoms with Crippen LogP contribution in [0.15, 0.2) is 24.3 Å². The molecule has 0 saturated carbocycles. The highest BCUT2D eigenvalue weighted by Crippen LogP contribution is 2.17. The number of hydrogen-bond donors (Lipinski definition) is 1. The monoisotopic (exact) mass is 261 g/mol. The highest BCUT2D eigenvalue weighted by atomic mass is 16.2. The average molecular weight is 261 g/mol. The lowest BCUT2D eigenvalue weighted by Crippen LogP contribution is -2.49. The minimum atomic E-state index is 0.131. The number of anilines is 1. The van der Waals surface area contributed by atoms with Crippen molar-refractivity contribution in [3.05, 3.63) is 29.8 Å². The lowest BCUT2D eigenvalue weighted by atomic mass is 10.2. The van der Waals surface area contributed by atoms with Gasteiger partial charge in [0.25, 0.3) is 0 Å². The Morgan fingerprint density at radius 1 is 1.26 bits per heavy atom. The van der Waals surface area contributed by atoms with Gasteiger partial charge in [0.2, 0.25) is 5.91 Å². The van der Waals surface area contributed by atoms with Crippen LogP contribution in [0.1, 0.15) is 12.5 Å². The highest BCUT2D eigenvalue weighted by Gasteiger charge is 2.18. The van der Waals surface area contributed by atoms with E-state index in [2.05, 4.69) is 46.3 Å². The number of aryl methyl sites for hydroxylation is 1. The van der Waals surface area contributed by atoms with E-state index in [0.29, 0.717) is 13.1 Å². The normalized spacial score (nSPS) is 16.4. The van der Waals surface area contributed by atoms with Gasteiger partial charge in [-0.3, -0.25) is 9.69 Å². The molecule has 2 rings (SSSR count). The summed E-state index contributed by atoms with van der Waals surface area (Å²) in [5, 5.41) is 2.85. The fourth-order valence-corrected chi connectivity index (χ4v) is 2.45. The molecule has 1 saturated heterocycles. The minimum Gasteiger partial charge on any atom is -0.369 e. The van der Waals surface area contributed by atoms with E-state index in [0.717, 1.165) is 26.2 Å². The molecule has 1 amide bonds. The molecule has 4 heteroatoms. The van der Waals surface area contributed by atoms with Crippen molar-refractivity contribution in [2.24, 2.45) is 0 Å². The highest BCUT2D eigenvalue weighted by molar-refractivity contribution is 5.77. The molecule has 104 valence electrons. The molecule has 0 radical (unpaired) electrons. The number of carbonyl (C=O) groups is 1. The van der Waals surface area contributed by atoms with Crippen molar-refractivity contribution < 1.29 is 4.79 Å². The van der Waals surface area contributed by atoms with Crippen LogP contribution in [-0.4, -0.2) is 50.1 Å². The topological polar surface area (TPSA) is 35.6 Å². The van der Waals surface area contributed by atoms with Gasteiger partial charge in [0.05, 0.1) is 6.54 Å². The van der Waals surface area contributed by atoms with E-state index >= 15 is 0 Å². The number of amides is 1. The zero-order valence-corrected chi connectivity index (χ0v) is 11.9. The lowest BCUT2D eigenvalue weighted by molar-refractivity contribution is -0.122. The number of carbonyl (C=O) groups excluding carboxylic acids is 1. The van der Waals surface area contributed by atoms with E-state index < -0.39 is 0 Å². The number of nitrogens with zero attached hydrogens (tertiary/aromatic N) is 2. The largest absolute Gasteiger partial charge is 0.369 e. The summed E-state index contributed by atoms with van der Waals surface area (Å²) < 4.78 is 0. The molecule has 1 aliphatic rings. The molecule has 1 aromatic carbocycles. The second-order valence-corrected chi connectivity index (χ2v) is 5.06. The van der Waals surface area contributed by atoms with E-state index in [4.69, 9.17) is 0 Å². The van der Waals surface area contributed by atoms with Gasteiger partial charge in [-0.25, -0.2) is 0 Å². The molecule has 4 nitrogen and oxygen atoms in total. The van der Waals surface area contributed by atoms with Crippen LogP contribution in [0, 0.1) is 6.92 Å². The number of piperazine rings is 1. The predicted octanol–water partition coefficient (Wildman–Crippen LogP) is 1.25. The molecule has 0 aromatic heterocycles. The summed E-state index contributed by atoms with van der Waals surface area (Å²) in [7, 11) is 0. The van der Waals surface area contributed by atoms with E-state index in [-0.39, 0.29) is 5.91 Å². The molecule has 0 spiro atoms. The van der Waals surface area contributed by atoms with Crippen LogP contribution in [0.25, 0.3) is 0 Å². The van der Waals surface area contributed by atoms with E-state index in [1.807, 2.05) is 6.92 Å². The first kappa shape index (κ1) is 13.9. The number of likely N-dealkylation sites (N-methyl/N-ethyl adjacent to an activating group) is 1. The van der Waals surface area contributed by atoms with Crippen LogP contribution in [0.2, 0.25) is 0 Å². The maximum absolute atomic E-state index is 11.5. The van der Waals surface area contributed by atoms with Gasteiger partial charge in [-0.2, -0.15) is 0 Å². The number of nitrogens with one attached hydrogen (secondary N) is 1.